The Hall–Kier alpha value is -1.06. The summed E-state index contributed by atoms with van der Waals surface area (Å²) in [6, 6.07) is 0. The van der Waals surface area contributed by atoms with Gasteiger partial charge in [0.25, 0.3) is 0 Å². The van der Waals surface area contributed by atoms with Crippen molar-refractivity contribution in [2.24, 2.45) is 10.6 Å². The number of esters is 1. The number of carbonyl (C=O) groups excluding carboxylic acids is 1. The van der Waals surface area contributed by atoms with Crippen molar-refractivity contribution in [1.29, 1.82) is 0 Å². The Kier molecular flexibility index (Phi) is 3.68. The van der Waals surface area contributed by atoms with E-state index in [9.17, 15) is 4.79 Å². The maximum atomic E-state index is 11.5. The highest BCUT2D eigenvalue weighted by Gasteiger charge is 2.30. The number of carbonyl (C=O) groups is 1. The number of hydrogen-bond acceptors (Lipinski definition) is 4. The van der Waals surface area contributed by atoms with Crippen molar-refractivity contribution in [1.82, 2.24) is 0 Å². The summed E-state index contributed by atoms with van der Waals surface area (Å²) < 4.78 is 5.09. The molecule has 82 valence electrons. The molecular formula is C10H19NO3. The smallest absolute Gasteiger partial charge is 0.357 e. The number of oxime groups is 1. The van der Waals surface area contributed by atoms with Crippen LogP contribution >= 0.6 is 0 Å². The molecule has 0 aliphatic rings. The molecule has 0 spiro atoms. The minimum absolute atomic E-state index is 0.0347. The van der Waals surface area contributed by atoms with Crippen molar-refractivity contribution in [2.75, 3.05) is 0 Å². The first-order chi connectivity index (χ1) is 6.08. The summed E-state index contributed by atoms with van der Waals surface area (Å²) in [5.74, 6) is -0.576. The monoisotopic (exact) mass is 201 g/mol. The molecular weight excluding hydrogens is 182 g/mol. The van der Waals surface area contributed by atoms with Gasteiger partial charge >= 0.3 is 5.97 Å². The lowest BCUT2D eigenvalue weighted by atomic mass is 9.90. The molecule has 0 saturated heterocycles. The summed E-state index contributed by atoms with van der Waals surface area (Å²) in [6.45, 7) is 10.7. The topological polar surface area (TPSA) is 58.9 Å². The summed E-state index contributed by atoms with van der Waals surface area (Å²) in [4.78, 5) is 11.5. The Labute approximate surface area is 84.9 Å². The molecule has 0 aromatic carbocycles. The summed E-state index contributed by atoms with van der Waals surface area (Å²) >= 11 is 0. The van der Waals surface area contributed by atoms with Crippen molar-refractivity contribution in [2.45, 2.75) is 47.1 Å². The zero-order valence-electron chi connectivity index (χ0n) is 9.71. The maximum absolute atomic E-state index is 11.5. The number of rotatable bonds is 1. The van der Waals surface area contributed by atoms with Crippen LogP contribution in [0.5, 0.6) is 0 Å². The van der Waals surface area contributed by atoms with E-state index >= 15 is 0 Å². The van der Waals surface area contributed by atoms with Crippen LogP contribution in [0.15, 0.2) is 5.16 Å². The number of hydrogen-bond donors (Lipinski definition) is 1. The first-order valence-corrected chi connectivity index (χ1v) is 4.54. The highest BCUT2D eigenvalue weighted by Crippen LogP contribution is 2.19. The fraction of sp³-hybridized carbons (Fsp3) is 0.800. The first kappa shape index (κ1) is 12.9. The molecule has 0 amide bonds. The van der Waals surface area contributed by atoms with E-state index in [-0.39, 0.29) is 5.71 Å². The standard InChI is InChI=1S/C10H19NO3/c1-9(2,3)7(11-13)8(12)14-10(4,5)6/h13H,1-6H3/b11-7+. The highest BCUT2D eigenvalue weighted by atomic mass is 16.6. The lowest BCUT2D eigenvalue weighted by molar-refractivity contribution is -0.146. The molecule has 4 heteroatoms. The first-order valence-electron chi connectivity index (χ1n) is 4.54. The van der Waals surface area contributed by atoms with Crippen LogP contribution in [0.1, 0.15) is 41.5 Å². The molecule has 0 bridgehead atoms. The lowest BCUT2D eigenvalue weighted by Gasteiger charge is -2.24. The Balaban J connectivity index is 4.69. The average molecular weight is 201 g/mol. The zero-order valence-corrected chi connectivity index (χ0v) is 9.71. The Morgan fingerprint density at radius 3 is 1.79 bits per heavy atom. The molecule has 0 aliphatic carbocycles. The minimum atomic E-state index is -0.576. The van der Waals surface area contributed by atoms with Gasteiger partial charge in [0.1, 0.15) is 5.60 Å². The van der Waals surface area contributed by atoms with Crippen LogP contribution in [-0.4, -0.2) is 22.5 Å². The van der Waals surface area contributed by atoms with Crippen molar-refractivity contribution in [3.8, 4) is 0 Å². The number of nitrogens with zero attached hydrogens (tertiary/aromatic N) is 1. The van der Waals surface area contributed by atoms with Gasteiger partial charge in [-0.15, -0.1) is 0 Å². The van der Waals surface area contributed by atoms with Crippen LogP contribution in [0, 0.1) is 5.41 Å². The van der Waals surface area contributed by atoms with Gasteiger partial charge in [-0.2, -0.15) is 0 Å². The Morgan fingerprint density at radius 1 is 1.14 bits per heavy atom. The van der Waals surface area contributed by atoms with E-state index in [1.165, 1.54) is 0 Å². The van der Waals surface area contributed by atoms with E-state index in [0.29, 0.717) is 0 Å². The third-order valence-electron chi connectivity index (χ3n) is 1.40. The van der Waals surface area contributed by atoms with Gasteiger partial charge in [-0.05, 0) is 20.8 Å². The Bertz CT molecular complexity index is 243. The molecule has 0 fully saturated rings. The van der Waals surface area contributed by atoms with Gasteiger partial charge in [0.05, 0.1) is 0 Å². The van der Waals surface area contributed by atoms with E-state index in [1.807, 2.05) is 0 Å². The van der Waals surface area contributed by atoms with Gasteiger partial charge < -0.3 is 9.94 Å². The van der Waals surface area contributed by atoms with Crippen molar-refractivity contribution in [3.63, 3.8) is 0 Å². The van der Waals surface area contributed by atoms with Gasteiger partial charge in [0.15, 0.2) is 5.71 Å². The minimum Gasteiger partial charge on any atom is -0.455 e. The molecule has 0 aromatic heterocycles. The van der Waals surface area contributed by atoms with E-state index in [4.69, 9.17) is 9.94 Å². The van der Waals surface area contributed by atoms with E-state index < -0.39 is 17.0 Å². The van der Waals surface area contributed by atoms with Crippen LogP contribution < -0.4 is 0 Å². The second kappa shape index (κ2) is 3.98. The fourth-order valence-electron chi connectivity index (χ4n) is 0.823. The largest absolute Gasteiger partial charge is 0.455 e. The maximum Gasteiger partial charge on any atom is 0.357 e. The second-order valence-electron chi connectivity index (χ2n) is 5.20. The second-order valence-corrected chi connectivity index (χ2v) is 5.20. The molecule has 14 heavy (non-hydrogen) atoms. The van der Waals surface area contributed by atoms with Gasteiger partial charge in [-0.1, -0.05) is 25.9 Å². The third-order valence-corrected chi connectivity index (χ3v) is 1.40. The third kappa shape index (κ3) is 4.25. The van der Waals surface area contributed by atoms with Gasteiger partial charge in [0.2, 0.25) is 0 Å². The molecule has 0 atom stereocenters. The average Bonchev–Trinajstić information content (AvgIpc) is 1.79. The highest BCUT2D eigenvalue weighted by molar-refractivity contribution is 6.38. The van der Waals surface area contributed by atoms with Crippen molar-refractivity contribution in [3.05, 3.63) is 0 Å². The number of ether oxygens (including phenoxy) is 1. The molecule has 0 radical (unpaired) electrons. The van der Waals surface area contributed by atoms with Gasteiger partial charge in [0, 0.05) is 5.41 Å². The lowest BCUT2D eigenvalue weighted by Crippen LogP contribution is -2.35. The van der Waals surface area contributed by atoms with E-state index in [0.717, 1.165) is 0 Å². The van der Waals surface area contributed by atoms with Crippen LogP contribution in [0.4, 0.5) is 0 Å². The van der Waals surface area contributed by atoms with Crippen LogP contribution in [0.25, 0.3) is 0 Å². The molecule has 0 aliphatic heterocycles. The SMILES string of the molecule is CC(C)(C)OC(=O)/C(=N\O)C(C)(C)C. The quantitative estimate of drug-likeness (QED) is 0.306. The summed E-state index contributed by atoms with van der Waals surface area (Å²) in [6.07, 6.45) is 0. The molecule has 0 heterocycles. The molecule has 4 nitrogen and oxygen atoms in total. The molecule has 0 saturated carbocycles. The van der Waals surface area contributed by atoms with Gasteiger partial charge in [-0.25, -0.2) is 4.79 Å². The molecule has 0 rings (SSSR count). The van der Waals surface area contributed by atoms with Crippen molar-refractivity contribution >= 4 is 11.7 Å². The fourth-order valence-corrected chi connectivity index (χ4v) is 0.823. The summed E-state index contributed by atoms with van der Waals surface area (Å²) in [7, 11) is 0. The normalized spacial score (nSPS) is 14.0. The predicted octanol–water partition coefficient (Wildman–Crippen LogP) is 2.20. The predicted molar refractivity (Wildman–Crippen MR) is 54.5 cm³/mol. The molecule has 1 N–H and O–H groups in total. The molecule has 0 aromatic rings. The van der Waals surface area contributed by atoms with Crippen LogP contribution in [-0.2, 0) is 9.53 Å². The van der Waals surface area contributed by atoms with Crippen molar-refractivity contribution < 1.29 is 14.7 Å². The zero-order chi connectivity index (χ0) is 11.6. The molecule has 0 unspecified atom stereocenters. The van der Waals surface area contributed by atoms with Gasteiger partial charge in [-0.3, -0.25) is 0 Å². The summed E-state index contributed by atoms with van der Waals surface area (Å²) in [5, 5.41) is 11.7. The van der Waals surface area contributed by atoms with Crippen LogP contribution in [0.3, 0.4) is 0 Å². The van der Waals surface area contributed by atoms with Crippen LogP contribution in [0.2, 0.25) is 0 Å². The summed E-state index contributed by atoms with van der Waals surface area (Å²) in [5.41, 5.74) is -1.05. The Morgan fingerprint density at radius 2 is 1.57 bits per heavy atom. The van der Waals surface area contributed by atoms with E-state index in [2.05, 4.69) is 5.16 Å². The van der Waals surface area contributed by atoms with E-state index in [1.54, 1.807) is 41.5 Å².